The van der Waals surface area contributed by atoms with Crippen LogP contribution in [0.4, 0.5) is 5.69 Å². The minimum atomic E-state index is -0.370. The molecular formula is C22H24N4O3. The van der Waals surface area contributed by atoms with Crippen LogP contribution in [0, 0.1) is 20.8 Å². The Kier molecular flexibility index (Phi) is 5.77. The highest BCUT2D eigenvalue weighted by molar-refractivity contribution is 5.95. The summed E-state index contributed by atoms with van der Waals surface area (Å²) in [7, 11) is 1.53. The second-order valence-electron chi connectivity index (χ2n) is 7.16. The maximum Gasteiger partial charge on any atom is 0.275 e. The first-order valence-electron chi connectivity index (χ1n) is 9.34. The first-order valence-corrected chi connectivity index (χ1v) is 9.34. The molecule has 2 amide bonds. The Morgan fingerprint density at radius 2 is 1.62 bits per heavy atom. The molecule has 7 heteroatoms. The van der Waals surface area contributed by atoms with Crippen molar-refractivity contribution in [1.29, 1.82) is 0 Å². The lowest BCUT2D eigenvalue weighted by atomic mass is 10.1. The van der Waals surface area contributed by atoms with Crippen molar-refractivity contribution in [3.8, 4) is 0 Å². The SMILES string of the molecule is Cc1cccc(C)c1NC(=O)CN(C)C(=O)Cn1nc(C)c2ccccc2c1=O. The van der Waals surface area contributed by atoms with Crippen molar-refractivity contribution in [1.82, 2.24) is 14.7 Å². The van der Waals surface area contributed by atoms with Crippen LogP contribution in [0.5, 0.6) is 0 Å². The molecule has 0 aliphatic heterocycles. The summed E-state index contributed by atoms with van der Waals surface area (Å²) in [6.45, 7) is 5.28. The van der Waals surface area contributed by atoms with Crippen molar-refractivity contribution in [3.63, 3.8) is 0 Å². The van der Waals surface area contributed by atoms with Crippen molar-refractivity contribution in [2.24, 2.45) is 0 Å². The second kappa shape index (κ2) is 8.26. The predicted octanol–water partition coefficient (Wildman–Crippen LogP) is 2.42. The Hall–Kier alpha value is -3.48. The standard InChI is InChI=1S/C22H24N4O3/c1-14-8-7-9-15(2)21(14)23-19(27)12-25(4)20(28)13-26-22(29)18-11-6-5-10-17(18)16(3)24-26/h5-11H,12-13H2,1-4H3,(H,23,27). The molecule has 7 nitrogen and oxygen atoms in total. The van der Waals surface area contributed by atoms with Crippen LogP contribution in [0.3, 0.4) is 0 Å². The van der Waals surface area contributed by atoms with Crippen LogP contribution in [0.1, 0.15) is 16.8 Å². The molecule has 0 atom stereocenters. The Morgan fingerprint density at radius 1 is 1.00 bits per heavy atom. The van der Waals surface area contributed by atoms with E-state index in [1.807, 2.05) is 44.2 Å². The maximum absolute atomic E-state index is 12.6. The first-order chi connectivity index (χ1) is 13.8. The zero-order chi connectivity index (χ0) is 21.1. The summed E-state index contributed by atoms with van der Waals surface area (Å²) in [6.07, 6.45) is 0. The molecule has 0 aliphatic rings. The third-order valence-electron chi connectivity index (χ3n) is 4.89. The van der Waals surface area contributed by atoms with Gasteiger partial charge in [-0.05, 0) is 38.0 Å². The average Bonchev–Trinajstić information content (AvgIpc) is 2.68. The van der Waals surface area contributed by atoms with Gasteiger partial charge in [-0.3, -0.25) is 14.4 Å². The lowest BCUT2D eigenvalue weighted by molar-refractivity contribution is -0.134. The quantitative estimate of drug-likeness (QED) is 0.723. The van der Waals surface area contributed by atoms with Gasteiger partial charge in [-0.25, -0.2) is 4.68 Å². The van der Waals surface area contributed by atoms with Crippen LogP contribution in [-0.4, -0.2) is 40.1 Å². The van der Waals surface area contributed by atoms with Crippen molar-refractivity contribution in [2.45, 2.75) is 27.3 Å². The summed E-state index contributed by atoms with van der Waals surface area (Å²) < 4.78 is 1.15. The van der Waals surface area contributed by atoms with E-state index in [1.54, 1.807) is 19.1 Å². The van der Waals surface area contributed by atoms with E-state index in [4.69, 9.17) is 0 Å². The van der Waals surface area contributed by atoms with Crippen molar-refractivity contribution < 1.29 is 9.59 Å². The first kappa shape index (κ1) is 20.3. The monoisotopic (exact) mass is 392 g/mol. The van der Waals surface area contributed by atoms with Gasteiger partial charge in [-0.2, -0.15) is 5.10 Å². The number of fused-ring (bicyclic) bond motifs is 1. The maximum atomic E-state index is 12.6. The largest absolute Gasteiger partial charge is 0.335 e. The number of hydrogen-bond acceptors (Lipinski definition) is 4. The summed E-state index contributed by atoms with van der Waals surface area (Å²) in [6, 6.07) is 12.9. The van der Waals surface area contributed by atoms with Gasteiger partial charge in [0.1, 0.15) is 6.54 Å². The highest BCUT2D eigenvalue weighted by Gasteiger charge is 2.17. The van der Waals surface area contributed by atoms with Gasteiger partial charge < -0.3 is 10.2 Å². The van der Waals surface area contributed by atoms with Crippen molar-refractivity contribution in [2.75, 3.05) is 18.9 Å². The molecular weight excluding hydrogens is 368 g/mol. The molecule has 0 unspecified atom stereocenters. The number of benzene rings is 2. The van der Waals surface area contributed by atoms with Crippen LogP contribution in [0.25, 0.3) is 10.8 Å². The number of carbonyl (C=O) groups is 2. The Balaban J connectivity index is 1.71. The molecule has 0 aliphatic carbocycles. The third-order valence-corrected chi connectivity index (χ3v) is 4.89. The Morgan fingerprint density at radius 3 is 2.28 bits per heavy atom. The molecule has 29 heavy (non-hydrogen) atoms. The number of rotatable bonds is 5. The summed E-state index contributed by atoms with van der Waals surface area (Å²) in [5, 5.41) is 8.39. The van der Waals surface area contributed by atoms with Crippen LogP contribution in [0.15, 0.2) is 47.3 Å². The molecule has 1 heterocycles. The lowest BCUT2D eigenvalue weighted by Gasteiger charge is -2.18. The van der Waals surface area contributed by atoms with Gasteiger partial charge in [0.15, 0.2) is 0 Å². The van der Waals surface area contributed by atoms with E-state index >= 15 is 0 Å². The van der Waals surface area contributed by atoms with Crippen LogP contribution in [-0.2, 0) is 16.1 Å². The molecule has 0 saturated heterocycles. The minimum absolute atomic E-state index is 0.117. The smallest absolute Gasteiger partial charge is 0.275 e. The number of anilines is 1. The fourth-order valence-electron chi connectivity index (χ4n) is 3.25. The molecule has 0 saturated carbocycles. The molecule has 0 radical (unpaired) electrons. The van der Waals surface area contributed by atoms with Crippen molar-refractivity contribution in [3.05, 3.63) is 69.6 Å². The van der Waals surface area contributed by atoms with Gasteiger partial charge in [0.05, 0.1) is 17.6 Å². The normalized spacial score (nSPS) is 10.8. The number of nitrogens with zero attached hydrogens (tertiary/aromatic N) is 3. The number of amides is 2. The number of para-hydroxylation sites is 1. The van der Waals surface area contributed by atoms with E-state index in [0.29, 0.717) is 11.1 Å². The van der Waals surface area contributed by atoms with Gasteiger partial charge in [0.2, 0.25) is 11.8 Å². The molecule has 2 aromatic carbocycles. The summed E-state index contributed by atoms with van der Waals surface area (Å²) >= 11 is 0. The lowest BCUT2D eigenvalue weighted by Crippen LogP contribution is -2.39. The minimum Gasteiger partial charge on any atom is -0.335 e. The fraction of sp³-hybridized carbons (Fsp3) is 0.273. The molecule has 150 valence electrons. The molecule has 0 spiro atoms. The van der Waals surface area contributed by atoms with E-state index in [-0.39, 0.29) is 30.5 Å². The van der Waals surface area contributed by atoms with Gasteiger partial charge >= 0.3 is 0 Å². The van der Waals surface area contributed by atoms with Crippen molar-refractivity contribution >= 4 is 28.3 Å². The molecule has 0 bridgehead atoms. The Bertz CT molecular complexity index is 1130. The van der Waals surface area contributed by atoms with Gasteiger partial charge in [0, 0.05) is 18.1 Å². The van der Waals surface area contributed by atoms with E-state index in [1.165, 1.54) is 11.9 Å². The van der Waals surface area contributed by atoms with Crippen LogP contribution in [0.2, 0.25) is 0 Å². The highest BCUT2D eigenvalue weighted by atomic mass is 16.2. The second-order valence-corrected chi connectivity index (χ2v) is 7.16. The van der Waals surface area contributed by atoms with Crippen LogP contribution < -0.4 is 10.9 Å². The van der Waals surface area contributed by atoms with E-state index in [0.717, 1.165) is 26.9 Å². The van der Waals surface area contributed by atoms with E-state index in [2.05, 4.69) is 10.4 Å². The number of aromatic nitrogens is 2. The van der Waals surface area contributed by atoms with Crippen LogP contribution >= 0.6 is 0 Å². The van der Waals surface area contributed by atoms with Gasteiger partial charge in [-0.15, -0.1) is 0 Å². The molecule has 3 rings (SSSR count). The molecule has 0 fully saturated rings. The average molecular weight is 392 g/mol. The zero-order valence-corrected chi connectivity index (χ0v) is 17.0. The number of carbonyl (C=O) groups excluding carboxylic acids is 2. The zero-order valence-electron chi connectivity index (χ0n) is 17.0. The topological polar surface area (TPSA) is 84.3 Å². The van der Waals surface area contributed by atoms with Gasteiger partial charge in [0.25, 0.3) is 5.56 Å². The molecule has 3 aromatic rings. The van der Waals surface area contributed by atoms with E-state index < -0.39 is 0 Å². The predicted molar refractivity (Wildman–Crippen MR) is 113 cm³/mol. The number of nitrogens with one attached hydrogen (secondary N) is 1. The highest BCUT2D eigenvalue weighted by Crippen LogP contribution is 2.19. The number of likely N-dealkylation sites (N-methyl/N-ethyl adjacent to an activating group) is 1. The summed E-state index contributed by atoms with van der Waals surface area (Å²) in [5.41, 5.74) is 3.00. The number of hydrogen-bond donors (Lipinski definition) is 1. The fourth-order valence-corrected chi connectivity index (χ4v) is 3.25. The molecule has 1 N–H and O–H groups in total. The summed E-state index contributed by atoms with van der Waals surface area (Å²) in [4.78, 5) is 38.9. The Labute approximate surface area is 169 Å². The third kappa shape index (κ3) is 4.34. The molecule has 1 aromatic heterocycles. The summed E-state index contributed by atoms with van der Waals surface area (Å²) in [5.74, 6) is -0.667. The van der Waals surface area contributed by atoms with E-state index in [9.17, 15) is 14.4 Å². The van der Waals surface area contributed by atoms with Gasteiger partial charge in [-0.1, -0.05) is 36.4 Å². The number of aryl methyl sites for hydroxylation is 3.